The monoisotopic (exact) mass is 307 g/mol. The second-order valence-electron chi connectivity index (χ2n) is 4.96. The Kier molecular flexibility index (Phi) is 3.20. The molecule has 22 heavy (non-hydrogen) atoms. The molecule has 1 N–H and O–H groups in total. The molecule has 5 heteroatoms. The molecule has 0 saturated heterocycles. The van der Waals surface area contributed by atoms with E-state index in [-0.39, 0.29) is 5.75 Å². The zero-order chi connectivity index (χ0) is 14.9. The third kappa shape index (κ3) is 2.29. The first-order valence-electron chi connectivity index (χ1n) is 6.94. The number of aromatic nitrogens is 2. The van der Waals surface area contributed by atoms with E-state index in [1.54, 1.807) is 23.9 Å². The zero-order valence-electron chi connectivity index (χ0n) is 11.7. The van der Waals surface area contributed by atoms with Gasteiger partial charge in [-0.15, -0.1) is 0 Å². The molecule has 0 unspecified atom stereocenters. The number of aliphatic imine (C=N–C) groups is 1. The van der Waals surface area contributed by atoms with Gasteiger partial charge in [0.2, 0.25) is 0 Å². The number of fused-ring (bicyclic) bond motifs is 1. The van der Waals surface area contributed by atoms with Gasteiger partial charge in [-0.25, -0.2) is 9.98 Å². The third-order valence-corrected chi connectivity index (χ3v) is 4.44. The fourth-order valence-corrected chi connectivity index (χ4v) is 3.36. The lowest BCUT2D eigenvalue weighted by molar-refractivity contribution is 0.475. The van der Waals surface area contributed by atoms with Crippen molar-refractivity contribution in [2.45, 2.75) is 5.16 Å². The fraction of sp³-hybridized carbons (Fsp3) is 0.0588. The lowest BCUT2D eigenvalue weighted by Gasteiger charge is -2.06. The van der Waals surface area contributed by atoms with E-state index in [2.05, 4.69) is 21.7 Å². The fourth-order valence-electron chi connectivity index (χ4n) is 2.45. The van der Waals surface area contributed by atoms with Gasteiger partial charge >= 0.3 is 0 Å². The van der Waals surface area contributed by atoms with Crippen LogP contribution in [-0.2, 0) is 0 Å². The van der Waals surface area contributed by atoms with Crippen LogP contribution in [0.2, 0.25) is 0 Å². The van der Waals surface area contributed by atoms with Crippen molar-refractivity contribution >= 4 is 23.3 Å². The Morgan fingerprint density at radius 2 is 1.82 bits per heavy atom. The molecule has 0 saturated carbocycles. The second kappa shape index (κ2) is 5.35. The van der Waals surface area contributed by atoms with Crippen molar-refractivity contribution in [1.82, 2.24) is 9.55 Å². The predicted octanol–water partition coefficient (Wildman–Crippen LogP) is 3.94. The van der Waals surface area contributed by atoms with Crippen molar-refractivity contribution < 1.29 is 5.11 Å². The van der Waals surface area contributed by atoms with Crippen LogP contribution in [0.15, 0.2) is 70.9 Å². The Labute approximate surface area is 132 Å². The van der Waals surface area contributed by atoms with Crippen LogP contribution in [0.3, 0.4) is 0 Å². The van der Waals surface area contributed by atoms with E-state index in [0.29, 0.717) is 0 Å². The Morgan fingerprint density at radius 1 is 1.05 bits per heavy atom. The average molecular weight is 307 g/mol. The van der Waals surface area contributed by atoms with E-state index in [0.717, 1.165) is 33.7 Å². The molecule has 0 aliphatic carbocycles. The Balaban J connectivity index is 1.79. The molecule has 0 radical (unpaired) electrons. The minimum atomic E-state index is 0.248. The van der Waals surface area contributed by atoms with Crippen LogP contribution in [0.5, 0.6) is 5.75 Å². The van der Waals surface area contributed by atoms with Gasteiger partial charge in [0.05, 0.1) is 23.3 Å². The maximum atomic E-state index is 9.37. The summed E-state index contributed by atoms with van der Waals surface area (Å²) < 4.78 is 2.10. The highest BCUT2D eigenvalue weighted by molar-refractivity contribution is 8.00. The highest BCUT2D eigenvalue weighted by Gasteiger charge is 2.23. The minimum Gasteiger partial charge on any atom is -0.508 e. The van der Waals surface area contributed by atoms with E-state index >= 15 is 0 Å². The quantitative estimate of drug-likeness (QED) is 0.780. The summed E-state index contributed by atoms with van der Waals surface area (Å²) in [5, 5.41) is 10.3. The van der Waals surface area contributed by atoms with Gasteiger partial charge in [-0.3, -0.25) is 4.57 Å². The number of nitrogens with zero attached hydrogens (tertiary/aromatic N) is 3. The normalized spacial score (nSPS) is 15.2. The second-order valence-corrected chi connectivity index (χ2v) is 5.90. The Bertz CT molecular complexity index is 838. The van der Waals surface area contributed by atoms with Gasteiger partial charge in [-0.05, 0) is 24.3 Å². The van der Waals surface area contributed by atoms with Crippen LogP contribution < -0.4 is 0 Å². The molecule has 3 aromatic rings. The molecule has 0 spiro atoms. The first-order chi connectivity index (χ1) is 10.8. The number of phenolic OH excluding ortho intramolecular Hbond substituents is 1. The number of rotatable bonds is 2. The molecule has 4 rings (SSSR count). The number of hydrogen-bond donors (Lipinski definition) is 1. The summed E-state index contributed by atoms with van der Waals surface area (Å²) in [6.07, 6.45) is 1.89. The molecule has 0 bridgehead atoms. The molecule has 4 nitrogen and oxygen atoms in total. The van der Waals surface area contributed by atoms with E-state index in [1.807, 2.05) is 36.5 Å². The topological polar surface area (TPSA) is 50.4 Å². The number of hydrogen-bond acceptors (Lipinski definition) is 4. The zero-order valence-corrected chi connectivity index (χ0v) is 12.5. The Morgan fingerprint density at radius 3 is 2.59 bits per heavy atom. The van der Waals surface area contributed by atoms with Crippen molar-refractivity contribution in [3.05, 3.63) is 60.8 Å². The summed E-state index contributed by atoms with van der Waals surface area (Å²) >= 11 is 1.69. The third-order valence-electron chi connectivity index (χ3n) is 3.50. The van der Waals surface area contributed by atoms with Crippen LogP contribution in [0.4, 0.5) is 5.69 Å². The SMILES string of the molecule is Oc1ccc(N=C2CSc3ncc(-c4ccccc4)n32)cc1. The van der Waals surface area contributed by atoms with E-state index in [4.69, 9.17) is 4.99 Å². The lowest BCUT2D eigenvalue weighted by Crippen LogP contribution is -2.09. The van der Waals surface area contributed by atoms with Crippen molar-refractivity contribution in [3.8, 4) is 17.0 Å². The van der Waals surface area contributed by atoms with Crippen LogP contribution >= 0.6 is 11.8 Å². The summed E-state index contributed by atoms with van der Waals surface area (Å²) in [5.74, 6) is 2.00. The number of benzene rings is 2. The summed E-state index contributed by atoms with van der Waals surface area (Å²) in [6.45, 7) is 0. The molecule has 0 fully saturated rings. The van der Waals surface area contributed by atoms with Gasteiger partial charge in [0, 0.05) is 5.56 Å². The summed E-state index contributed by atoms with van der Waals surface area (Å²) in [5.41, 5.74) is 3.01. The standard InChI is InChI=1S/C17H13N3OS/c21-14-8-6-13(7-9-14)19-16-11-22-17-18-10-15(20(16)17)12-4-2-1-3-5-12/h1-10,21H,11H2. The molecule has 0 amide bonds. The first kappa shape index (κ1) is 13.2. The summed E-state index contributed by atoms with van der Waals surface area (Å²) in [7, 11) is 0. The maximum absolute atomic E-state index is 9.37. The van der Waals surface area contributed by atoms with Gasteiger partial charge in [0.25, 0.3) is 0 Å². The largest absolute Gasteiger partial charge is 0.508 e. The van der Waals surface area contributed by atoms with Crippen LogP contribution in [0, 0.1) is 0 Å². The number of phenols is 1. The highest BCUT2D eigenvalue weighted by Crippen LogP contribution is 2.32. The van der Waals surface area contributed by atoms with Crippen molar-refractivity contribution in [2.24, 2.45) is 4.99 Å². The molecular formula is C17H13N3OS. The van der Waals surface area contributed by atoms with E-state index in [1.165, 1.54) is 0 Å². The lowest BCUT2D eigenvalue weighted by atomic mass is 10.2. The molecule has 1 aliphatic heterocycles. The van der Waals surface area contributed by atoms with E-state index < -0.39 is 0 Å². The van der Waals surface area contributed by atoms with Crippen molar-refractivity contribution in [1.29, 1.82) is 0 Å². The summed E-state index contributed by atoms with van der Waals surface area (Å²) in [4.78, 5) is 9.19. The van der Waals surface area contributed by atoms with Gasteiger partial charge < -0.3 is 5.11 Å². The number of aromatic hydroxyl groups is 1. The van der Waals surface area contributed by atoms with Crippen LogP contribution in [0.1, 0.15) is 0 Å². The molecular weight excluding hydrogens is 294 g/mol. The smallest absolute Gasteiger partial charge is 0.174 e. The molecule has 1 aliphatic rings. The van der Waals surface area contributed by atoms with Gasteiger partial charge in [0.1, 0.15) is 11.6 Å². The molecule has 2 aromatic carbocycles. The molecule has 1 aromatic heterocycles. The van der Waals surface area contributed by atoms with Crippen LogP contribution in [0.25, 0.3) is 11.3 Å². The number of imidazole rings is 1. The number of thioether (sulfide) groups is 1. The van der Waals surface area contributed by atoms with Crippen molar-refractivity contribution in [3.63, 3.8) is 0 Å². The Hall–Kier alpha value is -2.53. The van der Waals surface area contributed by atoms with Crippen molar-refractivity contribution in [2.75, 3.05) is 5.75 Å². The molecule has 0 atom stereocenters. The maximum Gasteiger partial charge on any atom is 0.174 e. The van der Waals surface area contributed by atoms with Gasteiger partial charge in [-0.2, -0.15) is 0 Å². The first-order valence-corrected chi connectivity index (χ1v) is 7.93. The average Bonchev–Trinajstić information content (AvgIpc) is 3.13. The van der Waals surface area contributed by atoms with Gasteiger partial charge in [0.15, 0.2) is 5.16 Å². The molecule has 2 heterocycles. The van der Waals surface area contributed by atoms with Crippen LogP contribution in [-0.4, -0.2) is 26.2 Å². The van der Waals surface area contributed by atoms with Gasteiger partial charge in [-0.1, -0.05) is 42.1 Å². The highest BCUT2D eigenvalue weighted by atomic mass is 32.2. The molecule has 108 valence electrons. The van der Waals surface area contributed by atoms with E-state index in [9.17, 15) is 5.11 Å². The summed E-state index contributed by atoms with van der Waals surface area (Å²) in [6, 6.07) is 17.1. The predicted molar refractivity (Wildman–Crippen MR) is 89.0 cm³/mol. The minimum absolute atomic E-state index is 0.248.